The molecule has 186 valence electrons. The summed E-state index contributed by atoms with van der Waals surface area (Å²) >= 11 is 9.43. The van der Waals surface area contributed by atoms with Gasteiger partial charge in [-0.25, -0.2) is 0 Å². The average Bonchev–Trinajstić information content (AvgIpc) is 2.90. The van der Waals surface area contributed by atoms with Gasteiger partial charge in [-0.15, -0.1) is 0 Å². The van der Waals surface area contributed by atoms with Crippen LogP contribution in [0.4, 0.5) is 0 Å². The van der Waals surface area contributed by atoms with Crippen molar-refractivity contribution in [3.8, 4) is 29.1 Å². The molecule has 0 saturated heterocycles. The van der Waals surface area contributed by atoms with Gasteiger partial charge in [0.15, 0.2) is 11.5 Å². The second-order valence-corrected chi connectivity index (χ2v) is 8.77. The van der Waals surface area contributed by atoms with Crippen LogP contribution in [0.15, 0.2) is 64.6 Å². The van der Waals surface area contributed by atoms with Crippen molar-refractivity contribution in [1.29, 1.82) is 5.26 Å². The Balaban J connectivity index is 1.75. The summed E-state index contributed by atoms with van der Waals surface area (Å²) in [6.45, 7) is 0.484. The zero-order chi connectivity index (χ0) is 26.1. The fourth-order valence-electron chi connectivity index (χ4n) is 3.28. The molecule has 0 atom stereocenters. The van der Waals surface area contributed by atoms with Crippen molar-refractivity contribution in [2.45, 2.75) is 13.2 Å². The maximum atomic E-state index is 12.7. The average molecular weight is 572 g/mol. The van der Waals surface area contributed by atoms with Crippen molar-refractivity contribution >= 4 is 39.5 Å². The van der Waals surface area contributed by atoms with E-state index in [-0.39, 0.29) is 12.1 Å². The summed E-state index contributed by atoms with van der Waals surface area (Å²) in [5.41, 5.74) is 2.21. The van der Waals surface area contributed by atoms with E-state index in [4.69, 9.17) is 30.5 Å². The quantitative estimate of drug-likeness (QED) is 0.240. The highest BCUT2D eigenvalue weighted by molar-refractivity contribution is 9.10. The molecule has 0 spiro atoms. The number of carbonyl (C=O) groups is 1. The maximum Gasteiger partial charge on any atom is 0.262 e. The Kier molecular flexibility index (Phi) is 9.62. The van der Waals surface area contributed by atoms with Crippen LogP contribution in [0.3, 0.4) is 0 Å². The first-order chi connectivity index (χ1) is 17.4. The van der Waals surface area contributed by atoms with E-state index in [0.29, 0.717) is 44.7 Å². The zero-order valence-corrected chi connectivity index (χ0v) is 22.3. The molecule has 0 saturated carbocycles. The molecular weight excluding hydrogens is 548 g/mol. The van der Waals surface area contributed by atoms with Crippen molar-refractivity contribution in [2.75, 3.05) is 21.3 Å². The normalized spacial score (nSPS) is 10.8. The van der Waals surface area contributed by atoms with E-state index in [1.165, 1.54) is 20.3 Å². The van der Waals surface area contributed by atoms with Crippen LogP contribution in [-0.4, -0.2) is 27.2 Å². The number of nitrogens with zero attached hydrogens (tertiary/aromatic N) is 1. The van der Waals surface area contributed by atoms with Gasteiger partial charge in [-0.2, -0.15) is 5.26 Å². The predicted octanol–water partition coefficient (Wildman–Crippen LogP) is 5.93. The first kappa shape index (κ1) is 26.9. The summed E-state index contributed by atoms with van der Waals surface area (Å²) in [4.78, 5) is 12.7. The Hall–Kier alpha value is -3.67. The largest absolute Gasteiger partial charge is 0.497 e. The molecule has 9 heteroatoms. The maximum absolute atomic E-state index is 12.7. The summed E-state index contributed by atoms with van der Waals surface area (Å²) < 4.78 is 22.6. The fraction of sp³-hybridized carbons (Fsp3) is 0.185. The molecule has 0 aromatic heterocycles. The molecule has 0 radical (unpaired) electrons. The predicted molar refractivity (Wildman–Crippen MR) is 141 cm³/mol. The van der Waals surface area contributed by atoms with Gasteiger partial charge < -0.3 is 24.3 Å². The first-order valence-electron chi connectivity index (χ1n) is 10.7. The van der Waals surface area contributed by atoms with E-state index in [2.05, 4.69) is 21.2 Å². The van der Waals surface area contributed by atoms with E-state index in [9.17, 15) is 10.1 Å². The lowest BCUT2D eigenvalue weighted by atomic mass is 10.1. The van der Waals surface area contributed by atoms with E-state index in [0.717, 1.165) is 11.1 Å². The first-order valence-corrected chi connectivity index (χ1v) is 11.9. The van der Waals surface area contributed by atoms with Crippen LogP contribution >= 0.6 is 27.5 Å². The molecule has 0 aliphatic heterocycles. The molecule has 0 unspecified atom stereocenters. The number of hydrogen-bond donors (Lipinski definition) is 1. The number of ether oxygens (including phenoxy) is 4. The molecule has 1 N–H and O–H groups in total. The third kappa shape index (κ3) is 6.94. The lowest BCUT2D eigenvalue weighted by Crippen LogP contribution is -2.24. The minimum Gasteiger partial charge on any atom is -0.497 e. The summed E-state index contributed by atoms with van der Waals surface area (Å²) in [5.74, 6) is 1.64. The van der Waals surface area contributed by atoms with Gasteiger partial charge in [-0.1, -0.05) is 23.7 Å². The number of rotatable bonds is 10. The van der Waals surface area contributed by atoms with Crippen molar-refractivity contribution in [1.82, 2.24) is 5.32 Å². The lowest BCUT2D eigenvalue weighted by Gasteiger charge is -2.14. The number of hydrogen-bond acceptors (Lipinski definition) is 6. The molecule has 0 heterocycles. The molecule has 0 bridgehead atoms. The van der Waals surface area contributed by atoms with Crippen LogP contribution in [0.5, 0.6) is 23.0 Å². The van der Waals surface area contributed by atoms with Gasteiger partial charge in [0.1, 0.15) is 29.7 Å². The Bertz CT molecular complexity index is 1300. The monoisotopic (exact) mass is 570 g/mol. The summed E-state index contributed by atoms with van der Waals surface area (Å²) in [6.07, 6.45) is 1.48. The molecule has 3 aromatic rings. The van der Waals surface area contributed by atoms with Crippen molar-refractivity contribution in [3.63, 3.8) is 0 Å². The second kappa shape index (κ2) is 12.9. The van der Waals surface area contributed by atoms with Gasteiger partial charge in [0, 0.05) is 23.2 Å². The topological polar surface area (TPSA) is 89.8 Å². The number of nitriles is 1. The number of amides is 1. The van der Waals surface area contributed by atoms with Gasteiger partial charge >= 0.3 is 0 Å². The SMILES string of the molecule is COc1ccc(CNC(=O)/C(C#N)=C/c2cc(Br)c(OCc3ccc(Cl)cc3)c(OC)c2)c(OC)c1. The summed E-state index contributed by atoms with van der Waals surface area (Å²) in [5, 5.41) is 13.0. The lowest BCUT2D eigenvalue weighted by molar-refractivity contribution is -0.117. The minimum absolute atomic E-state index is 0.0636. The highest BCUT2D eigenvalue weighted by atomic mass is 79.9. The molecule has 1 amide bonds. The van der Waals surface area contributed by atoms with Crippen molar-refractivity contribution in [3.05, 3.63) is 86.4 Å². The summed E-state index contributed by atoms with van der Waals surface area (Å²) in [6, 6.07) is 18.0. The van der Waals surface area contributed by atoms with Gasteiger partial charge in [0.05, 0.1) is 25.8 Å². The molecule has 36 heavy (non-hydrogen) atoms. The van der Waals surface area contributed by atoms with Gasteiger partial charge in [0.25, 0.3) is 5.91 Å². The molecular formula is C27H24BrClN2O5. The van der Waals surface area contributed by atoms with E-state index in [1.807, 2.05) is 18.2 Å². The van der Waals surface area contributed by atoms with Crippen LogP contribution in [0, 0.1) is 11.3 Å². The van der Waals surface area contributed by atoms with Crippen LogP contribution in [0.25, 0.3) is 6.08 Å². The molecule has 0 fully saturated rings. The fourth-order valence-corrected chi connectivity index (χ4v) is 3.98. The van der Waals surface area contributed by atoms with Crippen molar-refractivity contribution in [2.24, 2.45) is 0 Å². The Morgan fingerprint density at radius 2 is 1.75 bits per heavy atom. The van der Waals surface area contributed by atoms with Gasteiger partial charge in [0.2, 0.25) is 0 Å². The number of carbonyl (C=O) groups excluding carboxylic acids is 1. The molecule has 0 aliphatic rings. The van der Waals surface area contributed by atoms with Crippen LogP contribution in [0.1, 0.15) is 16.7 Å². The molecule has 3 rings (SSSR count). The molecule has 7 nitrogen and oxygen atoms in total. The second-order valence-electron chi connectivity index (χ2n) is 7.48. The molecule has 0 aliphatic carbocycles. The van der Waals surface area contributed by atoms with Gasteiger partial charge in [-0.3, -0.25) is 4.79 Å². The van der Waals surface area contributed by atoms with E-state index >= 15 is 0 Å². The zero-order valence-electron chi connectivity index (χ0n) is 19.9. The Morgan fingerprint density at radius 3 is 2.39 bits per heavy atom. The molecule has 3 aromatic carbocycles. The number of halogens is 2. The highest BCUT2D eigenvalue weighted by Crippen LogP contribution is 2.38. The van der Waals surface area contributed by atoms with Crippen LogP contribution in [-0.2, 0) is 17.9 Å². The van der Waals surface area contributed by atoms with Crippen LogP contribution in [0.2, 0.25) is 5.02 Å². The van der Waals surface area contributed by atoms with Crippen LogP contribution < -0.4 is 24.3 Å². The summed E-state index contributed by atoms with van der Waals surface area (Å²) in [7, 11) is 4.62. The third-order valence-electron chi connectivity index (χ3n) is 5.16. The van der Waals surface area contributed by atoms with E-state index in [1.54, 1.807) is 49.6 Å². The van der Waals surface area contributed by atoms with Crippen molar-refractivity contribution < 1.29 is 23.7 Å². The minimum atomic E-state index is -0.520. The number of nitrogens with one attached hydrogen (secondary N) is 1. The standard InChI is InChI=1S/C27H24BrClN2O5/c1-33-22-9-6-19(24(13-22)34-2)15-31-27(32)20(14-30)10-18-11-23(28)26(25(12-18)35-3)36-16-17-4-7-21(29)8-5-17/h4-13H,15-16H2,1-3H3,(H,31,32)/b20-10+. The Labute approximate surface area is 223 Å². The third-order valence-corrected chi connectivity index (χ3v) is 6.00. The Morgan fingerprint density at radius 1 is 1.03 bits per heavy atom. The highest BCUT2D eigenvalue weighted by Gasteiger charge is 2.15. The van der Waals surface area contributed by atoms with E-state index < -0.39 is 5.91 Å². The van der Waals surface area contributed by atoms with Gasteiger partial charge in [-0.05, 0) is 69.5 Å². The smallest absolute Gasteiger partial charge is 0.262 e. The number of methoxy groups -OCH3 is 3. The number of benzene rings is 3.